The van der Waals surface area contributed by atoms with Gasteiger partial charge in [0.05, 0.1) is 0 Å². The summed E-state index contributed by atoms with van der Waals surface area (Å²) in [5, 5.41) is 0. The van der Waals surface area contributed by atoms with Gasteiger partial charge >= 0.3 is 0 Å². The quantitative estimate of drug-likeness (QED) is 0.264. The van der Waals surface area contributed by atoms with Gasteiger partial charge in [0.1, 0.15) is 0 Å². The summed E-state index contributed by atoms with van der Waals surface area (Å²) in [5.74, 6) is 1.14. The number of rotatable bonds is 13. The van der Waals surface area contributed by atoms with E-state index in [0.29, 0.717) is 12.3 Å². The molecule has 0 saturated carbocycles. The van der Waals surface area contributed by atoms with E-state index < -0.39 is 7.37 Å². The van der Waals surface area contributed by atoms with Gasteiger partial charge in [-0.15, -0.1) is 11.8 Å². The molecule has 1 atom stereocenters. The van der Waals surface area contributed by atoms with E-state index in [1.807, 2.05) is 17.8 Å². The van der Waals surface area contributed by atoms with Gasteiger partial charge in [0, 0.05) is 17.2 Å². The van der Waals surface area contributed by atoms with E-state index in [1.165, 1.54) is 24.2 Å². The normalized spacial score (nSPS) is 13.9. The van der Waals surface area contributed by atoms with Gasteiger partial charge in [0.2, 0.25) is 7.37 Å². The second kappa shape index (κ2) is 12.2. The Morgan fingerprint density at radius 2 is 1.50 bits per heavy atom. The molecule has 0 aliphatic carbocycles. The summed E-state index contributed by atoms with van der Waals surface area (Å²) in [6.45, 7) is 2.16. The number of benzene rings is 1. The number of hydrogen-bond acceptors (Lipinski definition) is 2. The highest BCUT2D eigenvalue weighted by molar-refractivity contribution is 7.99. The van der Waals surface area contributed by atoms with Crippen LogP contribution in [0.25, 0.3) is 0 Å². The fraction of sp³-hybridized carbons (Fsp3) is 0.667. The van der Waals surface area contributed by atoms with Crippen molar-refractivity contribution in [3.8, 4) is 0 Å². The lowest BCUT2D eigenvalue weighted by molar-refractivity contribution is 0.470. The Bertz CT molecular complexity index is 422. The molecule has 4 heteroatoms. The molecule has 1 N–H and O–H groups in total. The molecule has 2 nitrogen and oxygen atoms in total. The summed E-state index contributed by atoms with van der Waals surface area (Å²) in [5.41, 5.74) is 0. The highest BCUT2D eigenvalue weighted by Gasteiger charge is 2.16. The highest BCUT2D eigenvalue weighted by atomic mass is 32.2. The summed E-state index contributed by atoms with van der Waals surface area (Å²) < 4.78 is 12.0. The number of hydrogen-bond donors (Lipinski definition) is 1. The van der Waals surface area contributed by atoms with E-state index in [9.17, 15) is 9.46 Å². The molecule has 22 heavy (non-hydrogen) atoms. The Labute approximate surface area is 140 Å². The van der Waals surface area contributed by atoms with E-state index in [1.54, 1.807) is 0 Å². The van der Waals surface area contributed by atoms with Gasteiger partial charge in [-0.2, -0.15) is 0 Å². The molecule has 0 fully saturated rings. The van der Waals surface area contributed by atoms with Crippen molar-refractivity contribution in [3.05, 3.63) is 30.3 Å². The van der Waals surface area contributed by atoms with Crippen LogP contribution < -0.4 is 0 Å². The molecule has 1 aromatic carbocycles. The lowest BCUT2D eigenvalue weighted by Crippen LogP contribution is -1.96. The van der Waals surface area contributed by atoms with Crippen LogP contribution in [0.5, 0.6) is 0 Å². The van der Waals surface area contributed by atoms with Gasteiger partial charge in [-0.1, -0.05) is 57.2 Å². The minimum absolute atomic E-state index is 0.519. The molecule has 0 aliphatic heterocycles. The average Bonchev–Trinajstić information content (AvgIpc) is 2.52. The SMILES string of the molecule is CCCCCCP(=O)(O)CCCCCCSc1ccccc1. The standard InChI is InChI=1S/C18H31O2PS/c1-2-3-4-10-15-21(19,20)16-11-5-6-12-17-22-18-13-8-7-9-14-18/h7-9,13-14H,2-6,10-12,15-17H2,1H3,(H,19,20). The van der Waals surface area contributed by atoms with E-state index >= 15 is 0 Å². The van der Waals surface area contributed by atoms with Crippen molar-refractivity contribution in [1.29, 1.82) is 0 Å². The average molecular weight is 342 g/mol. The number of unbranched alkanes of at least 4 members (excludes halogenated alkanes) is 6. The smallest absolute Gasteiger partial charge is 0.200 e. The minimum Gasteiger partial charge on any atom is -0.344 e. The van der Waals surface area contributed by atoms with Crippen LogP contribution in [0.15, 0.2) is 35.2 Å². The van der Waals surface area contributed by atoms with Crippen LogP contribution in [0.2, 0.25) is 0 Å². The molecule has 0 aromatic heterocycles. The van der Waals surface area contributed by atoms with Crippen LogP contribution in [0.1, 0.15) is 58.3 Å². The maximum Gasteiger partial charge on any atom is 0.200 e. The molecule has 1 unspecified atom stereocenters. The molecule has 1 rings (SSSR count). The summed E-state index contributed by atoms with van der Waals surface area (Å²) in [6, 6.07) is 10.5. The van der Waals surface area contributed by atoms with Crippen LogP contribution in [0.4, 0.5) is 0 Å². The lowest BCUT2D eigenvalue weighted by Gasteiger charge is -2.11. The lowest BCUT2D eigenvalue weighted by atomic mass is 10.2. The Morgan fingerprint density at radius 1 is 0.909 bits per heavy atom. The first-order valence-corrected chi connectivity index (χ1v) is 11.6. The Hall–Kier alpha value is -0.240. The predicted octanol–water partition coefficient (Wildman–Crippen LogP) is 6.19. The van der Waals surface area contributed by atoms with Crippen LogP contribution in [-0.2, 0) is 4.57 Å². The van der Waals surface area contributed by atoms with Crippen molar-refractivity contribution in [2.75, 3.05) is 18.1 Å². The van der Waals surface area contributed by atoms with Gasteiger partial charge < -0.3 is 4.89 Å². The van der Waals surface area contributed by atoms with Crippen molar-refractivity contribution in [1.82, 2.24) is 0 Å². The fourth-order valence-corrected chi connectivity index (χ4v) is 5.01. The largest absolute Gasteiger partial charge is 0.344 e. The summed E-state index contributed by atoms with van der Waals surface area (Å²) >= 11 is 1.90. The minimum atomic E-state index is -2.84. The first-order valence-electron chi connectivity index (χ1n) is 8.63. The predicted molar refractivity (Wildman–Crippen MR) is 99.3 cm³/mol. The molecule has 126 valence electrons. The third-order valence-electron chi connectivity index (χ3n) is 3.77. The third kappa shape index (κ3) is 10.5. The molecule has 0 bridgehead atoms. The number of thioether (sulfide) groups is 1. The van der Waals surface area contributed by atoms with Gasteiger partial charge in [-0.05, 0) is 37.1 Å². The molecular weight excluding hydrogens is 311 g/mol. The van der Waals surface area contributed by atoms with Crippen molar-refractivity contribution >= 4 is 19.1 Å². The highest BCUT2D eigenvalue weighted by Crippen LogP contribution is 2.42. The zero-order valence-electron chi connectivity index (χ0n) is 13.9. The summed E-state index contributed by atoms with van der Waals surface area (Å²) in [7, 11) is -2.84. The Kier molecular flexibility index (Phi) is 11.0. The topological polar surface area (TPSA) is 37.3 Å². The van der Waals surface area contributed by atoms with Crippen LogP contribution in [0, 0.1) is 0 Å². The van der Waals surface area contributed by atoms with Gasteiger partial charge in [0.15, 0.2) is 0 Å². The maximum absolute atomic E-state index is 12.0. The second-order valence-electron chi connectivity index (χ2n) is 5.93. The fourth-order valence-electron chi connectivity index (χ4n) is 2.42. The van der Waals surface area contributed by atoms with Crippen LogP contribution in [-0.4, -0.2) is 23.0 Å². The molecule has 0 saturated heterocycles. The van der Waals surface area contributed by atoms with Gasteiger partial charge in [-0.3, -0.25) is 4.57 Å². The van der Waals surface area contributed by atoms with Crippen molar-refractivity contribution in [2.45, 2.75) is 63.2 Å². The molecule has 0 spiro atoms. The first-order chi connectivity index (χ1) is 10.6. The monoisotopic (exact) mass is 342 g/mol. The summed E-state index contributed by atoms with van der Waals surface area (Å²) in [6.07, 6.45) is 9.73. The zero-order valence-corrected chi connectivity index (χ0v) is 15.6. The molecular formula is C18H31O2PS. The molecule has 1 aromatic rings. The maximum atomic E-state index is 12.0. The molecule has 0 radical (unpaired) electrons. The van der Waals surface area contributed by atoms with E-state index in [4.69, 9.17) is 0 Å². The first kappa shape index (κ1) is 19.8. The summed E-state index contributed by atoms with van der Waals surface area (Å²) in [4.78, 5) is 11.2. The molecule has 0 amide bonds. The van der Waals surface area contributed by atoms with E-state index in [0.717, 1.165) is 37.9 Å². The van der Waals surface area contributed by atoms with Crippen LogP contribution >= 0.6 is 19.1 Å². The van der Waals surface area contributed by atoms with Crippen molar-refractivity contribution in [3.63, 3.8) is 0 Å². The molecule has 0 aliphatic rings. The van der Waals surface area contributed by atoms with Crippen molar-refractivity contribution in [2.24, 2.45) is 0 Å². The van der Waals surface area contributed by atoms with Crippen LogP contribution in [0.3, 0.4) is 0 Å². The van der Waals surface area contributed by atoms with Gasteiger partial charge in [-0.25, -0.2) is 0 Å². The van der Waals surface area contributed by atoms with Gasteiger partial charge in [0.25, 0.3) is 0 Å². The Balaban J connectivity index is 1.97. The third-order valence-corrected chi connectivity index (χ3v) is 6.90. The molecule has 0 heterocycles. The second-order valence-corrected chi connectivity index (χ2v) is 9.69. The van der Waals surface area contributed by atoms with Crippen molar-refractivity contribution < 1.29 is 9.46 Å². The van der Waals surface area contributed by atoms with E-state index in [-0.39, 0.29) is 0 Å². The Morgan fingerprint density at radius 3 is 2.14 bits per heavy atom. The zero-order chi connectivity index (χ0) is 16.1. The van der Waals surface area contributed by atoms with E-state index in [2.05, 4.69) is 31.2 Å².